The Hall–Kier alpha value is -3.42. The second-order valence-electron chi connectivity index (χ2n) is 4.31. The third kappa shape index (κ3) is 4.27. The molecule has 0 aliphatic rings. The van der Waals surface area contributed by atoms with Crippen molar-refractivity contribution in [3.05, 3.63) is 55.3 Å². The maximum absolute atomic E-state index is 12.4. The van der Waals surface area contributed by atoms with E-state index >= 15 is 0 Å². The maximum atomic E-state index is 12.4. The Balaban J connectivity index is 2.28. The van der Waals surface area contributed by atoms with Crippen molar-refractivity contribution >= 4 is 29.0 Å². The Kier molecular flexibility index (Phi) is 5.24. The summed E-state index contributed by atoms with van der Waals surface area (Å²) in [5.41, 5.74) is 6.73. The SMILES string of the molecule is C=C(N=C(C(=O)Nc1ccncn1)C(N)=NC)c1cccnc1. The van der Waals surface area contributed by atoms with Crippen LogP contribution in [0.1, 0.15) is 5.56 Å². The number of aromatic nitrogens is 3. The number of carbonyl (C=O) groups is 1. The topological polar surface area (TPSA) is 119 Å². The Labute approximate surface area is 132 Å². The number of hydrogen-bond acceptors (Lipinski definition) is 6. The summed E-state index contributed by atoms with van der Waals surface area (Å²) in [7, 11) is 1.47. The van der Waals surface area contributed by atoms with E-state index in [1.807, 2.05) is 0 Å². The van der Waals surface area contributed by atoms with Crippen LogP contribution in [0.4, 0.5) is 5.82 Å². The lowest BCUT2D eigenvalue weighted by Gasteiger charge is -2.08. The van der Waals surface area contributed by atoms with E-state index in [0.29, 0.717) is 17.1 Å². The molecule has 116 valence electrons. The van der Waals surface area contributed by atoms with Gasteiger partial charge in [-0.25, -0.2) is 15.0 Å². The molecule has 0 aliphatic carbocycles. The number of hydrogen-bond donors (Lipinski definition) is 2. The molecule has 2 aromatic rings. The third-order valence-corrected chi connectivity index (χ3v) is 2.76. The normalized spacial score (nSPS) is 11.9. The van der Waals surface area contributed by atoms with Crippen LogP contribution in [0.25, 0.3) is 5.70 Å². The van der Waals surface area contributed by atoms with Gasteiger partial charge in [-0.3, -0.25) is 14.8 Å². The van der Waals surface area contributed by atoms with Crippen molar-refractivity contribution in [2.45, 2.75) is 0 Å². The Bertz CT molecular complexity index is 754. The largest absolute Gasteiger partial charge is 0.382 e. The molecule has 8 heteroatoms. The lowest BCUT2D eigenvalue weighted by molar-refractivity contribution is -0.110. The van der Waals surface area contributed by atoms with Gasteiger partial charge in [-0.2, -0.15) is 0 Å². The molecule has 0 aliphatic heterocycles. The smallest absolute Gasteiger partial charge is 0.279 e. The maximum Gasteiger partial charge on any atom is 0.279 e. The fraction of sp³-hybridized carbons (Fsp3) is 0.0667. The van der Waals surface area contributed by atoms with Crippen LogP contribution in [0.15, 0.2) is 59.7 Å². The Morgan fingerprint density at radius 2 is 2.13 bits per heavy atom. The summed E-state index contributed by atoms with van der Waals surface area (Å²) >= 11 is 0. The van der Waals surface area contributed by atoms with Crippen LogP contribution in [-0.4, -0.2) is 39.5 Å². The highest BCUT2D eigenvalue weighted by atomic mass is 16.2. The molecule has 3 N–H and O–H groups in total. The van der Waals surface area contributed by atoms with Crippen molar-refractivity contribution in [3.8, 4) is 0 Å². The van der Waals surface area contributed by atoms with Crippen LogP contribution in [0, 0.1) is 0 Å². The summed E-state index contributed by atoms with van der Waals surface area (Å²) in [6, 6.07) is 5.07. The number of amidine groups is 1. The van der Waals surface area contributed by atoms with Crippen molar-refractivity contribution in [3.63, 3.8) is 0 Å². The molecule has 2 heterocycles. The number of anilines is 1. The quantitative estimate of drug-likeness (QED) is 0.628. The third-order valence-electron chi connectivity index (χ3n) is 2.76. The van der Waals surface area contributed by atoms with Crippen LogP contribution in [0.5, 0.6) is 0 Å². The van der Waals surface area contributed by atoms with Gasteiger partial charge in [-0.15, -0.1) is 0 Å². The minimum atomic E-state index is -0.545. The van der Waals surface area contributed by atoms with E-state index in [1.54, 1.807) is 30.6 Å². The van der Waals surface area contributed by atoms with E-state index < -0.39 is 5.91 Å². The van der Waals surface area contributed by atoms with Gasteiger partial charge >= 0.3 is 0 Å². The zero-order valence-electron chi connectivity index (χ0n) is 12.5. The highest BCUT2D eigenvalue weighted by Gasteiger charge is 2.17. The first kappa shape index (κ1) is 16.0. The van der Waals surface area contributed by atoms with Crippen molar-refractivity contribution in [2.24, 2.45) is 15.7 Å². The van der Waals surface area contributed by atoms with Crippen molar-refractivity contribution in [1.82, 2.24) is 15.0 Å². The molecular formula is C15H15N7O. The molecule has 0 aromatic carbocycles. The van der Waals surface area contributed by atoms with Crippen LogP contribution >= 0.6 is 0 Å². The molecule has 0 saturated carbocycles. The second kappa shape index (κ2) is 7.55. The molecule has 2 rings (SSSR count). The van der Waals surface area contributed by atoms with Crippen LogP contribution < -0.4 is 11.1 Å². The molecule has 8 nitrogen and oxygen atoms in total. The molecule has 0 unspecified atom stereocenters. The van der Waals surface area contributed by atoms with Gasteiger partial charge in [0.2, 0.25) is 0 Å². The highest BCUT2D eigenvalue weighted by Crippen LogP contribution is 2.12. The summed E-state index contributed by atoms with van der Waals surface area (Å²) in [6.07, 6.45) is 6.04. The Morgan fingerprint density at radius 3 is 2.74 bits per heavy atom. The summed E-state index contributed by atoms with van der Waals surface area (Å²) in [6.45, 7) is 3.83. The number of amides is 1. The van der Waals surface area contributed by atoms with Crippen molar-refractivity contribution in [2.75, 3.05) is 12.4 Å². The molecule has 2 aromatic heterocycles. The van der Waals surface area contributed by atoms with Gasteiger partial charge in [0, 0.05) is 31.2 Å². The van der Waals surface area contributed by atoms with Gasteiger partial charge in [0.25, 0.3) is 5.91 Å². The van der Waals surface area contributed by atoms with Crippen LogP contribution in [0.2, 0.25) is 0 Å². The average Bonchev–Trinajstić information content (AvgIpc) is 2.60. The number of carbonyl (C=O) groups excluding carboxylic acids is 1. The fourth-order valence-corrected chi connectivity index (χ4v) is 1.60. The number of aliphatic imine (C=N–C) groups is 2. The first-order chi connectivity index (χ1) is 11.1. The van der Waals surface area contributed by atoms with E-state index in [2.05, 4.69) is 36.8 Å². The molecular weight excluding hydrogens is 294 g/mol. The van der Waals surface area contributed by atoms with E-state index in [9.17, 15) is 4.79 Å². The van der Waals surface area contributed by atoms with E-state index in [0.717, 1.165) is 0 Å². The van der Waals surface area contributed by atoms with Crippen LogP contribution in [-0.2, 0) is 4.79 Å². The fourth-order valence-electron chi connectivity index (χ4n) is 1.60. The minimum Gasteiger partial charge on any atom is -0.382 e. The molecule has 0 fully saturated rings. The van der Waals surface area contributed by atoms with Gasteiger partial charge in [-0.1, -0.05) is 6.58 Å². The second-order valence-corrected chi connectivity index (χ2v) is 4.31. The standard InChI is InChI=1S/C15H15N7O/c1-10(11-4-3-6-18-8-11)21-13(14(16)17-2)15(23)22-12-5-7-19-9-20-12/h3-9H,1H2,2H3,(H2,16,17)(H,19,20,22,23). The number of nitrogens with one attached hydrogen (secondary N) is 1. The van der Waals surface area contributed by atoms with Crippen LogP contribution in [0.3, 0.4) is 0 Å². The predicted octanol–water partition coefficient (Wildman–Crippen LogP) is 0.909. The first-order valence-electron chi connectivity index (χ1n) is 6.60. The number of nitrogens with two attached hydrogens (primary N) is 1. The van der Waals surface area contributed by atoms with Gasteiger partial charge < -0.3 is 11.1 Å². The zero-order valence-corrected chi connectivity index (χ0v) is 12.5. The zero-order chi connectivity index (χ0) is 16.7. The highest BCUT2D eigenvalue weighted by molar-refractivity contribution is 6.68. The Morgan fingerprint density at radius 1 is 1.30 bits per heavy atom. The summed E-state index contributed by atoms with van der Waals surface area (Å²) in [5, 5.41) is 2.58. The molecule has 0 spiro atoms. The predicted molar refractivity (Wildman–Crippen MR) is 88.9 cm³/mol. The lowest BCUT2D eigenvalue weighted by atomic mass is 10.2. The molecule has 0 atom stereocenters. The molecule has 0 radical (unpaired) electrons. The monoisotopic (exact) mass is 309 g/mol. The molecule has 1 amide bonds. The van der Waals surface area contributed by atoms with Crippen molar-refractivity contribution < 1.29 is 4.79 Å². The summed E-state index contributed by atoms with van der Waals surface area (Å²) < 4.78 is 0. The van der Waals surface area contributed by atoms with Crippen molar-refractivity contribution in [1.29, 1.82) is 0 Å². The number of pyridine rings is 1. The molecule has 0 saturated heterocycles. The first-order valence-corrected chi connectivity index (χ1v) is 6.60. The van der Waals surface area contributed by atoms with Gasteiger partial charge in [0.05, 0.1) is 5.70 Å². The summed E-state index contributed by atoms with van der Waals surface area (Å²) in [4.78, 5) is 32.0. The molecule has 0 bridgehead atoms. The van der Waals surface area contributed by atoms with E-state index in [-0.39, 0.29) is 11.5 Å². The van der Waals surface area contributed by atoms with Gasteiger partial charge in [0.15, 0.2) is 5.71 Å². The van der Waals surface area contributed by atoms with E-state index in [4.69, 9.17) is 5.73 Å². The van der Waals surface area contributed by atoms with Gasteiger partial charge in [-0.05, 0) is 18.2 Å². The number of nitrogens with zero attached hydrogens (tertiary/aromatic N) is 5. The minimum absolute atomic E-state index is 0.0124. The van der Waals surface area contributed by atoms with Gasteiger partial charge in [0.1, 0.15) is 18.0 Å². The lowest BCUT2D eigenvalue weighted by Crippen LogP contribution is -2.35. The molecule has 23 heavy (non-hydrogen) atoms. The average molecular weight is 309 g/mol. The summed E-state index contributed by atoms with van der Waals surface area (Å²) in [5.74, 6) is -0.230. The van der Waals surface area contributed by atoms with E-state index in [1.165, 1.54) is 19.6 Å². The number of rotatable bonds is 5.